The van der Waals surface area contributed by atoms with Gasteiger partial charge in [-0.15, -0.1) is 12.4 Å². The van der Waals surface area contributed by atoms with Gasteiger partial charge in [0, 0.05) is 25.9 Å². The largest absolute Gasteiger partial charge is 0.380 e. The maximum Gasteiger partial charge on any atom is 0.249 e. The van der Waals surface area contributed by atoms with Gasteiger partial charge >= 0.3 is 0 Å². The molecule has 3 N–H and O–H groups in total. The fourth-order valence-electron chi connectivity index (χ4n) is 2.52. The van der Waals surface area contributed by atoms with Crippen LogP contribution in [0.25, 0.3) is 0 Å². The molecule has 0 spiro atoms. The van der Waals surface area contributed by atoms with Gasteiger partial charge in [0.25, 0.3) is 0 Å². The van der Waals surface area contributed by atoms with Crippen LogP contribution < -0.4 is 16.0 Å². The fraction of sp³-hybridized carbons (Fsp3) is 0.500. The fourth-order valence-corrected chi connectivity index (χ4v) is 2.52. The highest BCUT2D eigenvalue weighted by Crippen LogP contribution is 2.22. The van der Waals surface area contributed by atoms with E-state index in [1.165, 1.54) is 7.11 Å². The third kappa shape index (κ3) is 4.92. The molecule has 2 amide bonds. The number of rotatable bonds is 6. The zero-order valence-corrected chi connectivity index (χ0v) is 14.3. The van der Waals surface area contributed by atoms with Gasteiger partial charge in [0.2, 0.25) is 11.8 Å². The highest BCUT2D eigenvalue weighted by atomic mass is 35.5. The number of benzene rings is 1. The van der Waals surface area contributed by atoms with E-state index in [4.69, 9.17) is 10.5 Å². The number of methoxy groups -OCH3 is 1. The minimum Gasteiger partial charge on any atom is -0.380 e. The van der Waals surface area contributed by atoms with E-state index in [9.17, 15) is 9.59 Å². The lowest BCUT2D eigenvalue weighted by molar-refractivity contribution is -0.128. The summed E-state index contributed by atoms with van der Waals surface area (Å²) in [5.41, 5.74) is 7.51. The molecule has 1 aliphatic rings. The summed E-state index contributed by atoms with van der Waals surface area (Å²) in [7, 11) is 1.52. The van der Waals surface area contributed by atoms with Gasteiger partial charge in [0.15, 0.2) is 0 Å². The van der Waals surface area contributed by atoms with Gasteiger partial charge in [-0.2, -0.15) is 0 Å². The number of nitrogens with zero attached hydrogens (tertiary/aromatic N) is 1. The van der Waals surface area contributed by atoms with Gasteiger partial charge in [-0.25, -0.2) is 0 Å². The lowest BCUT2D eigenvalue weighted by Gasteiger charge is -2.18. The Balaban J connectivity index is 0.00000264. The van der Waals surface area contributed by atoms with Gasteiger partial charge in [-0.05, 0) is 25.5 Å². The Morgan fingerprint density at radius 3 is 2.65 bits per heavy atom. The minimum absolute atomic E-state index is 0. The number of aryl methyl sites for hydroxylation is 1. The smallest absolute Gasteiger partial charge is 0.249 e. The molecule has 23 heavy (non-hydrogen) atoms. The van der Waals surface area contributed by atoms with Crippen LogP contribution in [0.1, 0.15) is 18.4 Å². The molecule has 0 saturated carbocycles. The summed E-state index contributed by atoms with van der Waals surface area (Å²) in [6, 6.07) is 7.32. The molecule has 1 saturated heterocycles. The van der Waals surface area contributed by atoms with Crippen molar-refractivity contribution in [1.29, 1.82) is 0 Å². The predicted octanol–water partition coefficient (Wildman–Crippen LogP) is 1.00. The first kappa shape index (κ1) is 19.4. The average Bonchev–Trinajstić information content (AvgIpc) is 2.87. The minimum atomic E-state index is -0.468. The molecule has 0 radical (unpaired) electrons. The first-order valence-corrected chi connectivity index (χ1v) is 7.45. The van der Waals surface area contributed by atoms with Crippen molar-refractivity contribution in [1.82, 2.24) is 5.32 Å². The lowest BCUT2D eigenvalue weighted by atomic mass is 10.2. The van der Waals surface area contributed by atoms with Crippen molar-refractivity contribution in [2.75, 3.05) is 25.1 Å². The number of anilines is 1. The molecular formula is C16H24ClN3O3. The van der Waals surface area contributed by atoms with Crippen LogP contribution in [-0.2, 0) is 14.3 Å². The van der Waals surface area contributed by atoms with Gasteiger partial charge in [-0.1, -0.05) is 17.7 Å². The van der Waals surface area contributed by atoms with Crippen molar-refractivity contribution in [3.05, 3.63) is 29.8 Å². The van der Waals surface area contributed by atoms with Crippen LogP contribution in [0.5, 0.6) is 0 Å². The van der Waals surface area contributed by atoms with E-state index in [1.54, 1.807) is 4.90 Å². The number of hydrogen-bond donors (Lipinski definition) is 2. The third-order valence-electron chi connectivity index (χ3n) is 3.90. The third-order valence-corrected chi connectivity index (χ3v) is 3.90. The van der Waals surface area contributed by atoms with E-state index in [0.29, 0.717) is 13.0 Å². The normalized spacial score (nSPS) is 18.5. The van der Waals surface area contributed by atoms with Crippen molar-refractivity contribution in [3.63, 3.8) is 0 Å². The maximum absolute atomic E-state index is 12.4. The van der Waals surface area contributed by atoms with Crippen LogP contribution >= 0.6 is 12.4 Å². The molecule has 0 aromatic heterocycles. The average molecular weight is 342 g/mol. The van der Waals surface area contributed by atoms with E-state index in [-0.39, 0.29) is 43.3 Å². The van der Waals surface area contributed by atoms with Gasteiger partial charge < -0.3 is 20.7 Å². The van der Waals surface area contributed by atoms with Crippen LogP contribution in [0.15, 0.2) is 24.3 Å². The summed E-state index contributed by atoms with van der Waals surface area (Å²) >= 11 is 0. The first-order chi connectivity index (χ1) is 10.5. The molecule has 1 aromatic carbocycles. The van der Waals surface area contributed by atoms with Crippen LogP contribution in [0.3, 0.4) is 0 Å². The number of hydrogen-bond acceptors (Lipinski definition) is 4. The Bertz CT molecular complexity index is 532. The van der Waals surface area contributed by atoms with Gasteiger partial charge in [0.05, 0.1) is 12.5 Å². The number of ether oxygens (including phenoxy) is 1. The molecule has 2 unspecified atom stereocenters. The molecule has 2 atom stereocenters. The highest BCUT2D eigenvalue weighted by Gasteiger charge is 2.33. The van der Waals surface area contributed by atoms with Gasteiger partial charge in [0.1, 0.15) is 6.04 Å². The van der Waals surface area contributed by atoms with Crippen LogP contribution in [0, 0.1) is 6.92 Å². The first-order valence-electron chi connectivity index (χ1n) is 7.45. The number of halogens is 1. The molecule has 0 bridgehead atoms. The molecule has 128 valence electrons. The number of carbonyl (C=O) groups excluding carboxylic acids is 2. The highest BCUT2D eigenvalue weighted by molar-refractivity contribution is 6.01. The Morgan fingerprint density at radius 2 is 2.09 bits per heavy atom. The predicted molar refractivity (Wildman–Crippen MR) is 91.8 cm³/mol. The number of nitrogens with two attached hydrogens (primary N) is 1. The second-order valence-electron chi connectivity index (χ2n) is 5.53. The number of nitrogens with one attached hydrogen (secondary N) is 1. The molecule has 1 aromatic rings. The molecular weight excluding hydrogens is 318 g/mol. The quantitative estimate of drug-likeness (QED) is 0.808. The van der Waals surface area contributed by atoms with Crippen molar-refractivity contribution in [2.24, 2.45) is 5.73 Å². The molecule has 1 aliphatic heterocycles. The van der Waals surface area contributed by atoms with E-state index >= 15 is 0 Å². The number of carbonyl (C=O) groups is 2. The SMILES string of the molecule is COC(CN)CC(=O)NC1CCN(c2ccc(C)cc2)C1=O.Cl. The Morgan fingerprint density at radius 1 is 1.43 bits per heavy atom. The van der Waals surface area contributed by atoms with E-state index in [0.717, 1.165) is 11.3 Å². The van der Waals surface area contributed by atoms with E-state index in [1.807, 2.05) is 31.2 Å². The van der Waals surface area contributed by atoms with Crippen molar-refractivity contribution in [2.45, 2.75) is 31.9 Å². The standard InChI is InChI=1S/C16H23N3O3.ClH/c1-11-3-5-12(6-4-11)19-8-7-14(16(19)21)18-15(20)9-13(10-17)22-2;/h3-6,13-14H,7-10,17H2,1-2H3,(H,18,20);1H. The lowest BCUT2D eigenvalue weighted by Crippen LogP contribution is -2.43. The van der Waals surface area contributed by atoms with Crippen molar-refractivity contribution >= 4 is 29.9 Å². The monoisotopic (exact) mass is 341 g/mol. The summed E-state index contributed by atoms with van der Waals surface area (Å²) < 4.78 is 5.08. The molecule has 2 rings (SSSR count). The molecule has 6 nitrogen and oxygen atoms in total. The Hall–Kier alpha value is -1.63. The summed E-state index contributed by atoms with van der Waals surface area (Å²) in [6.07, 6.45) is 0.463. The zero-order valence-electron chi connectivity index (χ0n) is 13.5. The summed E-state index contributed by atoms with van der Waals surface area (Å²) in [5.74, 6) is -0.277. The van der Waals surface area contributed by atoms with Crippen LogP contribution in [0.2, 0.25) is 0 Å². The Kier molecular flexibility index (Phi) is 7.48. The van der Waals surface area contributed by atoms with E-state index < -0.39 is 6.04 Å². The molecule has 0 aliphatic carbocycles. The summed E-state index contributed by atoms with van der Waals surface area (Å²) in [5, 5.41) is 2.77. The Labute approximate surface area is 142 Å². The topological polar surface area (TPSA) is 84.7 Å². The summed E-state index contributed by atoms with van der Waals surface area (Å²) in [4.78, 5) is 26.1. The van der Waals surface area contributed by atoms with Gasteiger partial charge in [-0.3, -0.25) is 9.59 Å². The van der Waals surface area contributed by atoms with E-state index in [2.05, 4.69) is 5.32 Å². The molecule has 1 fully saturated rings. The van der Waals surface area contributed by atoms with Crippen LogP contribution in [0.4, 0.5) is 5.69 Å². The zero-order chi connectivity index (χ0) is 16.1. The molecule has 7 heteroatoms. The maximum atomic E-state index is 12.4. The van der Waals surface area contributed by atoms with Crippen molar-refractivity contribution in [3.8, 4) is 0 Å². The summed E-state index contributed by atoms with van der Waals surface area (Å²) in [6.45, 7) is 2.89. The van der Waals surface area contributed by atoms with Crippen molar-refractivity contribution < 1.29 is 14.3 Å². The molecule has 1 heterocycles. The second kappa shape index (κ2) is 8.86. The van der Waals surface area contributed by atoms with Crippen LogP contribution in [-0.4, -0.2) is 44.2 Å². The second-order valence-corrected chi connectivity index (χ2v) is 5.53. The number of amides is 2.